The molecule has 0 saturated heterocycles. The second kappa shape index (κ2) is 7.37. The molecule has 5 rings (SSSR count). The lowest BCUT2D eigenvalue weighted by atomic mass is 10.0. The Labute approximate surface area is 177 Å². The van der Waals surface area contributed by atoms with Crippen LogP contribution in [-0.2, 0) is 0 Å². The minimum absolute atomic E-state index is 0.235. The molecule has 0 saturated carbocycles. The third-order valence-electron chi connectivity index (χ3n) is 5.32. The highest BCUT2D eigenvalue weighted by molar-refractivity contribution is 6.07. The molecular weight excluding hydrogens is 395 g/mol. The van der Waals surface area contributed by atoms with Gasteiger partial charge in [0.05, 0.1) is 5.56 Å². The molecule has 0 atom stereocenters. The molecule has 1 nitrogen and oxygen atoms in total. The summed E-state index contributed by atoms with van der Waals surface area (Å²) in [5.74, 6) is 3.45. The van der Waals surface area contributed by atoms with Crippen LogP contribution in [0.15, 0.2) is 72.8 Å². The lowest BCUT2D eigenvalue weighted by Crippen LogP contribution is -1.89. The number of aromatic amines is 1. The van der Waals surface area contributed by atoms with Crippen LogP contribution in [0.25, 0.3) is 32.9 Å². The predicted octanol–water partition coefficient (Wildman–Crippen LogP) is 7.11. The largest absolute Gasteiger partial charge is 0.354 e. The lowest BCUT2D eigenvalue weighted by Gasteiger charge is -2.04. The maximum atomic E-state index is 14.6. The number of nitrogens with one attached hydrogen (secondary N) is 1. The third kappa shape index (κ3) is 3.55. The highest BCUT2D eigenvalue weighted by Gasteiger charge is 2.08. The smallest absolute Gasteiger partial charge is 0.159 e. The van der Waals surface area contributed by atoms with E-state index in [2.05, 4.69) is 35.0 Å². The molecule has 1 N–H and O–H groups in total. The monoisotopic (exact) mass is 411 g/mol. The van der Waals surface area contributed by atoms with Gasteiger partial charge < -0.3 is 4.98 Å². The molecule has 0 aliphatic heterocycles. The number of aryl methyl sites for hydroxylation is 1. The molecule has 150 valence electrons. The molecule has 0 amide bonds. The van der Waals surface area contributed by atoms with Crippen molar-refractivity contribution in [1.82, 2.24) is 4.98 Å². The SMILES string of the molecule is Cc1ccc2c(c1)[nH]c1cc(C#Cc3ccc(-c4ccc(F)c(F)c4)cc3F)ccc12. The zero-order valence-corrected chi connectivity index (χ0v) is 16.6. The fraction of sp³-hybridized carbons (Fsp3) is 0.0370. The van der Waals surface area contributed by atoms with Gasteiger partial charge in [0.2, 0.25) is 0 Å². The average Bonchev–Trinajstić information content (AvgIpc) is 3.11. The van der Waals surface area contributed by atoms with E-state index in [4.69, 9.17) is 0 Å². The van der Waals surface area contributed by atoms with Gasteiger partial charge in [0.25, 0.3) is 0 Å². The van der Waals surface area contributed by atoms with Crippen LogP contribution >= 0.6 is 0 Å². The standard InChI is InChI=1S/C27H16F3N/c1-16-2-9-21-22-10-4-17(13-27(22)31-26(21)12-16)3-5-18-6-7-19(14-24(18)29)20-8-11-23(28)25(30)15-20/h2,4,6-15,31H,1H3. The Morgan fingerprint density at radius 3 is 2.03 bits per heavy atom. The van der Waals surface area contributed by atoms with Crippen molar-refractivity contribution in [3.63, 3.8) is 0 Å². The summed E-state index contributed by atoms with van der Waals surface area (Å²) in [7, 11) is 0. The Morgan fingerprint density at radius 2 is 1.29 bits per heavy atom. The maximum Gasteiger partial charge on any atom is 0.159 e. The first-order chi connectivity index (χ1) is 15.0. The van der Waals surface area contributed by atoms with Gasteiger partial charge in [-0.2, -0.15) is 0 Å². The number of hydrogen-bond donors (Lipinski definition) is 1. The van der Waals surface area contributed by atoms with E-state index < -0.39 is 17.5 Å². The number of halogens is 3. The number of benzene rings is 4. The first-order valence-corrected chi connectivity index (χ1v) is 9.77. The van der Waals surface area contributed by atoms with Crippen molar-refractivity contribution in [3.05, 3.63) is 107 Å². The van der Waals surface area contributed by atoms with Crippen molar-refractivity contribution in [2.45, 2.75) is 6.92 Å². The summed E-state index contributed by atoms with van der Waals surface area (Å²) in [6, 6.07) is 20.1. The Kier molecular flexibility index (Phi) is 4.52. The van der Waals surface area contributed by atoms with Crippen molar-refractivity contribution < 1.29 is 13.2 Å². The molecule has 1 aromatic heterocycles. The average molecular weight is 411 g/mol. The van der Waals surface area contributed by atoms with Gasteiger partial charge >= 0.3 is 0 Å². The number of H-pyrrole nitrogens is 1. The van der Waals surface area contributed by atoms with Crippen LogP contribution < -0.4 is 0 Å². The van der Waals surface area contributed by atoms with Crippen LogP contribution in [-0.4, -0.2) is 4.98 Å². The number of aromatic nitrogens is 1. The zero-order valence-electron chi connectivity index (χ0n) is 16.6. The zero-order chi connectivity index (χ0) is 21.5. The van der Waals surface area contributed by atoms with Crippen LogP contribution in [0.2, 0.25) is 0 Å². The summed E-state index contributed by atoms with van der Waals surface area (Å²) in [5.41, 5.74) is 5.08. The third-order valence-corrected chi connectivity index (χ3v) is 5.32. The van der Waals surface area contributed by atoms with Crippen LogP contribution in [0.5, 0.6) is 0 Å². The van der Waals surface area contributed by atoms with Crippen LogP contribution in [0.3, 0.4) is 0 Å². The van der Waals surface area contributed by atoms with Gasteiger partial charge in [0.15, 0.2) is 11.6 Å². The minimum Gasteiger partial charge on any atom is -0.354 e. The summed E-state index contributed by atoms with van der Waals surface area (Å²) >= 11 is 0. The van der Waals surface area contributed by atoms with Crippen molar-refractivity contribution >= 4 is 21.8 Å². The Balaban J connectivity index is 1.47. The number of hydrogen-bond acceptors (Lipinski definition) is 0. The summed E-state index contributed by atoms with van der Waals surface area (Å²) < 4.78 is 41.2. The van der Waals surface area contributed by atoms with Gasteiger partial charge in [-0.1, -0.05) is 42.2 Å². The molecule has 5 aromatic rings. The fourth-order valence-corrected chi connectivity index (χ4v) is 3.71. The predicted molar refractivity (Wildman–Crippen MR) is 118 cm³/mol. The van der Waals surface area contributed by atoms with Gasteiger partial charge in [-0.15, -0.1) is 0 Å². The first-order valence-electron chi connectivity index (χ1n) is 9.77. The van der Waals surface area contributed by atoms with E-state index in [9.17, 15) is 13.2 Å². The van der Waals surface area contributed by atoms with E-state index in [1.54, 1.807) is 12.1 Å². The minimum atomic E-state index is -0.968. The molecule has 0 spiro atoms. The van der Waals surface area contributed by atoms with Gasteiger partial charge in [0, 0.05) is 27.4 Å². The molecule has 0 fully saturated rings. The number of fused-ring (bicyclic) bond motifs is 3. The van der Waals surface area contributed by atoms with Crippen molar-refractivity contribution in [3.8, 4) is 23.0 Å². The molecule has 0 bridgehead atoms. The Hall–Kier alpha value is -3.97. The molecular formula is C27H16F3N. The van der Waals surface area contributed by atoms with E-state index >= 15 is 0 Å². The molecule has 0 aliphatic rings. The van der Waals surface area contributed by atoms with Crippen molar-refractivity contribution in [2.75, 3.05) is 0 Å². The normalized spacial score (nSPS) is 11.0. The molecule has 31 heavy (non-hydrogen) atoms. The van der Waals surface area contributed by atoms with Crippen molar-refractivity contribution in [2.24, 2.45) is 0 Å². The second-order valence-electron chi connectivity index (χ2n) is 7.51. The van der Waals surface area contributed by atoms with Gasteiger partial charge in [-0.05, 0) is 66.1 Å². The molecule has 1 heterocycles. The number of rotatable bonds is 1. The van der Waals surface area contributed by atoms with Gasteiger partial charge in [-0.3, -0.25) is 0 Å². The maximum absolute atomic E-state index is 14.6. The molecule has 0 radical (unpaired) electrons. The van der Waals surface area contributed by atoms with E-state index in [1.807, 2.05) is 25.1 Å². The Morgan fingerprint density at radius 1 is 0.613 bits per heavy atom. The van der Waals surface area contributed by atoms with Crippen LogP contribution in [0.1, 0.15) is 16.7 Å². The summed E-state index contributed by atoms with van der Waals surface area (Å²) in [4.78, 5) is 3.40. The topological polar surface area (TPSA) is 15.8 Å². The van der Waals surface area contributed by atoms with Gasteiger partial charge in [-0.25, -0.2) is 13.2 Å². The first kappa shape index (κ1) is 19.0. The molecule has 0 aliphatic carbocycles. The second-order valence-corrected chi connectivity index (χ2v) is 7.51. The van der Waals surface area contributed by atoms with Gasteiger partial charge in [0.1, 0.15) is 5.82 Å². The van der Waals surface area contributed by atoms with E-state index in [1.165, 1.54) is 17.7 Å². The molecule has 0 unspecified atom stereocenters. The lowest BCUT2D eigenvalue weighted by molar-refractivity contribution is 0.509. The Bertz CT molecular complexity index is 1530. The van der Waals surface area contributed by atoms with E-state index in [0.29, 0.717) is 11.1 Å². The van der Waals surface area contributed by atoms with E-state index in [-0.39, 0.29) is 5.56 Å². The van der Waals surface area contributed by atoms with Crippen LogP contribution in [0.4, 0.5) is 13.2 Å². The fourth-order valence-electron chi connectivity index (χ4n) is 3.71. The van der Waals surface area contributed by atoms with Crippen LogP contribution in [0, 0.1) is 36.2 Å². The summed E-state index contributed by atoms with van der Waals surface area (Å²) in [6.07, 6.45) is 0. The molecule has 4 aromatic carbocycles. The highest BCUT2D eigenvalue weighted by Crippen LogP contribution is 2.27. The summed E-state index contributed by atoms with van der Waals surface area (Å²) in [5, 5.41) is 2.27. The van der Waals surface area contributed by atoms with E-state index in [0.717, 1.165) is 39.5 Å². The summed E-state index contributed by atoms with van der Waals surface area (Å²) in [6.45, 7) is 2.05. The van der Waals surface area contributed by atoms with Crippen molar-refractivity contribution in [1.29, 1.82) is 0 Å². The highest BCUT2D eigenvalue weighted by atomic mass is 19.2. The quantitative estimate of drug-likeness (QED) is 0.283. The molecule has 4 heteroatoms.